The Labute approximate surface area is 162 Å². The minimum atomic E-state index is -0.413. The Morgan fingerprint density at radius 3 is 2.46 bits per heavy atom. The van der Waals surface area contributed by atoms with Gasteiger partial charge in [0.2, 0.25) is 17.8 Å². The average Bonchev–Trinajstić information content (AvgIpc) is 3.29. The highest BCUT2D eigenvalue weighted by Crippen LogP contribution is 2.26. The molecule has 1 saturated heterocycles. The predicted molar refractivity (Wildman–Crippen MR) is 104 cm³/mol. The molecule has 28 heavy (non-hydrogen) atoms. The summed E-state index contributed by atoms with van der Waals surface area (Å²) in [5.74, 6) is 0.584. The lowest BCUT2D eigenvalue weighted by molar-refractivity contribution is -0.122. The molecule has 8 nitrogen and oxygen atoms in total. The van der Waals surface area contributed by atoms with Gasteiger partial charge in [-0.1, -0.05) is 17.7 Å². The molecule has 1 aliphatic rings. The SMILES string of the molecule is Cc1ccc(N2CC(C(=O)Nc3cnc(-n4ccnc4C)nc3)CC2=O)cc1. The Kier molecular flexibility index (Phi) is 4.60. The lowest BCUT2D eigenvalue weighted by Gasteiger charge is -2.17. The zero-order valence-corrected chi connectivity index (χ0v) is 15.7. The maximum absolute atomic E-state index is 12.6. The van der Waals surface area contributed by atoms with E-state index < -0.39 is 5.92 Å². The lowest BCUT2D eigenvalue weighted by Crippen LogP contribution is -2.28. The van der Waals surface area contributed by atoms with Gasteiger partial charge < -0.3 is 10.2 Å². The maximum atomic E-state index is 12.6. The van der Waals surface area contributed by atoms with E-state index in [1.807, 2.05) is 38.1 Å². The van der Waals surface area contributed by atoms with Crippen molar-refractivity contribution in [3.8, 4) is 5.95 Å². The van der Waals surface area contributed by atoms with Crippen molar-refractivity contribution >= 4 is 23.2 Å². The topological polar surface area (TPSA) is 93.0 Å². The van der Waals surface area contributed by atoms with Crippen molar-refractivity contribution in [3.05, 3.63) is 60.4 Å². The Morgan fingerprint density at radius 2 is 1.82 bits per heavy atom. The number of imidazole rings is 1. The third-order valence-electron chi connectivity index (χ3n) is 4.79. The quantitative estimate of drug-likeness (QED) is 0.754. The normalized spacial score (nSPS) is 16.4. The standard InChI is InChI=1S/C20H20N6O2/c1-13-3-5-17(6-4-13)26-12-15(9-18(26)27)19(28)24-16-10-22-20(23-11-16)25-8-7-21-14(25)2/h3-8,10-11,15H,9,12H2,1-2H3,(H,24,28). The number of carbonyl (C=O) groups is 2. The van der Waals surface area contributed by atoms with Crippen molar-refractivity contribution in [2.24, 2.45) is 5.92 Å². The molecule has 3 heterocycles. The second-order valence-corrected chi connectivity index (χ2v) is 6.85. The second kappa shape index (κ2) is 7.22. The van der Waals surface area contributed by atoms with E-state index in [4.69, 9.17) is 0 Å². The largest absolute Gasteiger partial charge is 0.323 e. The number of hydrogen-bond acceptors (Lipinski definition) is 5. The van der Waals surface area contributed by atoms with Crippen LogP contribution in [-0.2, 0) is 9.59 Å². The fourth-order valence-corrected chi connectivity index (χ4v) is 3.20. The molecule has 1 aromatic carbocycles. The number of hydrogen-bond donors (Lipinski definition) is 1. The van der Waals surface area contributed by atoms with E-state index in [0.29, 0.717) is 18.2 Å². The van der Waals surface area contributed by atoms with Crippen LogP contribution in [0.15, 0.2) is 49.1 Å². The van der Waals surface area contributed by atoms with Crippen LogP contribution in [-0.4, -0.2) is 37.9 Å². The molecule has 2 aromatic heterocycles. The van der Waals surface area contributed by atoms with Crippen molar-refractivity contribution in [2.75, 3.05) is 16.8 Å². The molecule has 3 aromatic rings. The van der Waals surface area contributed by atoms with Crippen molar-refractivity contribution in [3.63, 3.8) is 0 Å². The van der Waals surface area contributed by atoms with Gasteiger partial charge in [0.05, 0.1) is 24.0 Å². The molecular weight excluding hydrogens is 356 g/mol. The molecule has 0 aliphatic carbocycles. The smallest absolute Gasteiger partial charge is 0.235 e. The number of amides is 2. The number of carbonyl (C=O) groups excluding carboxylic acids is 2. The molecule has 1 fully saturated rings. The van der Waals surface area contributed by atoms with Crippen LogP contribution >= 0.6 is 0 Å². The summed E-state index contributed by atoms with van der Waals surface area (Å²) in [5.41, 5.74) is 2.43. The molecule has 1 unspecified atom stereocenters. The fourth-order valence-electron chi connectivity index (χ4n) is 3.20. The molecule has 1 atom stereocenters. The first-order chi connectivity index (χ1) is 13.5. The van der Waals surface area contributed by atoms with Gasteiger partial charge in [-0.05, 0) is 26.0 Å². The fraction of sp³-hybridized carbons (Fsp3) is 0.250. The van der Waals surface area contributed by atoms with Gasteiger partial charge in [-0.2, -0.15) is 0 Å². The van der Waals surface area contributed by atoms with Gasteiger partial charge in [0.25, 0.3) is 0 Å². The third kappa shape index (κ3) is 3.48. The van der Waals surface area contributed by atoms with Crippen LogP contribution in [0.25, 0.3) is 5.95 Å². The minimum Gasteiger partial charge on any atom is -0.323 e. The highest BCUT2D eigenvalue weighted by Gasteiger charge is 2.35. The van der Waals surface area contributed by atoms with E-state index in [0.717, 1.165) is 17.1 Å². The van der Waals surface area contributed by atoms with Gasteiger partial charge in [0.1, 0.15) is 5.82 Å². The summed E-state index contributed by atoms with van der Waals surface area (Å²) in [7, 11) is 0. The maximum Gasteiger partial charge on any atom is 0.235 e. The van der Waals surface area contributed by atoms with E-state index in [-0.39, 0.29) is 18.2 Å². The number of anilines is 2. The number of nitrogens with one attached hydrogen (secondary N) is 1. The highest BCUT2D eigenvalue weighted by atomic mass is 16.2. The molecule has 0 spiro atoms. The Balaban J connectivity index is 1.42. The molecule has 0 saturated carbocycles. The van der Waals surface area contributed by atoms with Crippen LogP contribution in [0.1, 0.15) is 17.8 Å². The number of aromatic nitrogens is 4. The average molecular weight is 376 g/mol. The van der Waals surface area contributed by atoms with Gasteiger partial charge in [-0.3, -0.25) is 14.2 Å². The first-order valence-electron chi connectivity index (χ1n) is 9.01. The number of aryl methyl sites for hydroxylation is 2. The van der Waals surface area contributed by atoms with Gasteiger partial charge in [-0.15, -0.1) is 0 Å². The second-order valence-electron chi connectivity index (χ2n) is 6.85. The highest BCUT2D eigenvalue weighted by molar-refractivity contribution is 6.03. The van der Waals surface area contributed by atoms with E-state index >= 15 is 0 Å². The molecule has 2 amide bonds. The van der Waals surface area contributed by atoms with Gasteiger partial charge in [0, 0.05) is 31.0 Å². The first kappa shape index (κ1) is 17.8. The van der Waals surface area contributed by atoms with Crippen molar-refractivity contribution < 1.29 is 9.59 Å². The number of nitrogens with zero attached hydrogens (tertiary/aromatic N) is 5. The van der Waals surface area contributed by atoms with E-state index in [1.54, 1.807) is 34.3 Å². The summed E-state index contributed by atoms with van der Waals surface area (Å²) in [6.07, 6.45) is 6.73. The van der Waals surface area contributed by atoms with Gasteiger partial charge in [-0.25, -0.2) is 15.0 Å². The minimum absolute atomic E-state index is 0.0498. The summed E-state index contributed by atoms with van der Waals surface area (Å²) in [6.45, 7) is 4.21. The number of benzene rings is 1. The summed E-state index contributed by atoms with van der Waals surface area (Å²) < 4.78 is 1.75. The molecule has 1 N–H and O–H groups in total. The molecule has 1 aliphatic heterocycles. The summed E-state index contributed by atoms with van der Waals surface area (Å²) >= 11 is 0. The van der Waals surface area contributed by atoms with Crippen LogP contribution in [0.4, 0.5) is 11.4 Å². The monoisotopic (exact) mass is 376 g/mol. The van der Waals surface area contributed by atoms with Crippen LogP contribution in [0.5, 0.6) is 0 Å². The summed E-state index contributed by atoms with van der Waals surface area (Å²) in [5, 5.41) is 2.80. The molecular formula is C20H20N6O2. The van der Waals surface area contributed by atoms with Crippen molar-refractivity contribution in [1.29, 1.82) is 0 Å². The van der Waals surface area contributed by atoms with Crippen LogP contribution in [0.3, 0.4) is 0 Å². The van der Waals surface area contributed by atoms with E-state index in [9.17, 15) is 9.59 Å². The number of rotatable bonds is 4. The first-order valence-corrected chi connectivity index (χ1v) is 9.01. The van der Waals surface area contributed by atoms with Crippen LogP contribution in [0.2, 0.25) is 0 Å². The Morgan fingerprint density at radius 1 is 1.11 bits per heavy atom. The molecule has 0 radical (unpaired) electrons. The lowest BCUT2D eigenvalue weighted by atomic mass is 10.1. The Hall–Kier alpha value is -3.55. The van der Waals surface area contributed by atoms with E-state index in [2.05, 4.69) is 20.3 Å². The molecule has 8 heteroatoms. The van der Waals surface area contributed by atoms with E-state index in [1.165, 1.54) is 0 Å². The predicted octanol–water partition coefficient (Wildman–Crippen LogP) is 2.27. The van der Waals surface area contributed by atoms with Crippen LogP contribution in [0, 0.1) is 19.8 Å². The molecule has 142 valence electrons. The zero-order valence-electron chi connectivity index (χ0n) is 15.7. The van der Waals surface area contributed by atoms with Gasteiger partial charge in [0.15, 0.2) is 0 Å². The molecule has 4 rings (SSSR count). The van der Waals surface area contributed by atoms with Crippen molar-refractivity contribution in [2.45, 2.75) is 20.3 Å². The zero-order chi connectivity index (χ0) is 19.7. The van der Waals surface area contributed by atoms with Gasteiger partial charge >= 0.3 is 0 Å². The molecule has 0 bridgehead atoms. The third-order valence-corrected chi connectivity index (χ3v) is 4.79. The summed E-state index contributed by atoms with van der Waals surface area (Å²) in [4.78, 5) is 39.3. The van der Waals surface area contributed by atoms with Crippen LogP contribution < -0.4 is 10.2 Å². The summed E-state index contributed by atoms with van der Waals surface area (Å²) in [6, 6.07) is 7.71. The Bertz CT molecular complexity index is 1010. The van der Waals surface area contributed by atoms with Crippen molar-refractivity contribution in [1.82, 2.24) is 19.5 Å².